The van der Waals surface area contributed by atoms with Gasteiger partial charge in [-0.2, -0.15) is 5.26 Å². The fraction of sp³-hybridized carbons (Fsp3) is 0.286. The summed E-state index contributed by atoms with van der Waals surface area (Å²) in [6.45, 7) is 0. The van der Waals surface area contributed by atoms with Crippen LogP contribution >= 0.6 is 0 Å². The summed E-state index contributed by atoms with van der Waals surface area (Å²) in [7, 11) is -3.49. The van der Waals surface area contributed by atoms with E-state index in [0.717, 1.165) is 12.8 Å². The number of aromatic nitrogens is 2. The second-order valence-corrected chi connectivity index (χ2v) is 6.80. The zero-order chi connectivity index (χ0) is 14.2. The first-order valence-corrected chi connectivity index (χ1v) is 8.00. The molecule has 0 unspecified atom stereocenters. The summed E-state index contributed by atoms with van der Waals surface area (Å²) in [5.74, 6) is -0.133. The van der Waals surface area contributed by atoms with Crippen molar-refractivity contribution < 1.29 is 8.42 Å². The molecule has 1 saturated carbocycles. The second kappa shape index (κ2) is 4.76. The Hall–Kier alpha value is -2.13. The van der Waals surface area contributed by atoms with Crippen molar-refractivity contribution in [3.05, 3.63) is 47.8 Å². The molecule has 0 atom stereocenters. The van der Waals surface area contributed by atoms with E-state index in [1.54, 1.807) is 35.0 Å². The minimum Gasteiger partial charge on any atom is -0.319 e. The van der Waals surface area contributed by atoms with E-state index in [1.807, 2.05) is 6.07 Å². The van der Waals surface area contributed by atoms with Gasteiger partial charge in [0.05, 0.1) is 17.4 Å². The predicted octanol–water partition coefficient (Wildman–Crippen LogP) is 2.06. The Morgan fingerprint density at radius 2 is 2.20 bits per heavy atom. The maximum Gasteiger partial charge on any atom is 0.228 e. The number of nitriles is 1. The number of imidazole rings is 1. The van der Waals surface area contributed by atoms with Crippen LogP contribution in [-0.4, -0.2) is 18.0 Å². The first-order valence-electron chi connectivity index (χ1n) is 6.35. The molecule has 20 heavy (non-hydrogen) atoms. The molecule has 0 amide bonds. The van der Waals surface area contributed by atoms with Crippen LogP contribution in [0.1, 0.15) is 30.0 Å². The normalized spacial score (nSPS) is 14.9. The summed E-state index contributed by atoms with van der Waals surface area (Å²) in [5.41, 5.74) is 1.07. The number of sulfone groups is 1. The van der Waals surface area contributed by atoms with Gasteiger partial charge in [-0.3, -0.25) is 0 Å². The van der Waals surface area contributed by atoms with Gasteiger partial charge >= 0.3 is 0 Å². The zero-order valence-corrected chi connectivity index (χ0v) is 11.5. The number of rotatable bonds is 4. The third-order valence-electron chi connectivity index (χ3n) is 3.26. The van der Waals surface area contributed by atoms with Crippen molar-refractivity contribution in [2.24, 2.45) is 0 Å². The molecule has 1 aliphatic carbocycles. The summed E-state index contributed by atoms with van der Waals surface area (Å²) in [6.07, 6.45) is 5.25. The third-order valence-corrected chi connectivity index (χ3v) is 4.85. The van der Waals surface area contributed by atoms with Gasteiger partial charge in [0, 0.05) is 18.4 Å². The Bertz CT molecular complexity index is 783. The molecule has 0 bridgehead atoms. The van der Waals surface area contributed by atoms with Gasteiger partial charge in [0.25, 0.3) is 0 Å². The summed E-state index contributed by atoms with van der Waals surface area (Å²) in [4.78, 5) is 4.00. The standard InChI is InChI=1S/C14H13N3O2S/c15-9-11-2-1-3-12(8-11)10-20(18,19)14-16-6-7-17(14)13-4-5-13/h1-3,6-8,13H,4-5,10H2. The first kappa shape index (κ1) is 12.9. The molecule has 0 saturated heterocycles. The van der Waals surface area contributed by atoms with Crippen LogP contribution in [0, 0.1) is 11.3 Å². The molecule has 0 spiro atoms. The minimum atomic E-state index is -3.49. The molecule has 1 heterocycles. The van der Waals surface area contributed by atoms with Crippen LogP contribution < -0.4 is 0 Å². The fourth-order valence-corrected chi connectivity index (χ4v) is 3.69. The number of hydrogen-bond acceptors (Lipinski definition) is 4. The van der Waals surface area contributed by atoms with E-state index in [4.69, 9.17) is 5.26 Å². The van der Waals surface area contributed by atoms with Crippen molar-refractivity contribution in [3.63, 3.8) is 0 Å². The van der Waals surface area contributed by atoms with E-state index in [2.05, 4.69) is 4.98 Å². The quantitative estimate of drug-likeness (QED) is 0.862. The lowest BCUT2D eigenvalue weighted by atomic mass is 10.2. The number of hydrogen-bond donors (Lipinski definition) is 0. The number of nitrogens with zero attached hydrogens (tertiary/aromatic N) is 3. The molecule has 2 aromatic rings. The molecule has 3 rings (SSSR count). The van der Waals surface area contributed by atoms with E-state index >= 15 is 0 Å². The maximum atomic E-state index is 12.4. The second-order valence-electron chi connectivity index (χ2n) is 4.92. The van der Waals surface area contributed by atoms with Crippen molar-refractivity contribution in [2.75, 3.05) is 0 Å². The van der Waals surface area contributed by atoms with Crippen LogP contribution in [0.25, 0.3) is 0 Å². The van der Waals surface area contributed by atoms with E-state index < -0.39 is 9.84 Å². The maximum absolute atomic E-state index is 12.4. The first-order chi connectivity index (χ1) is 9.60. The molecule has 5 nitrogen and oxygen atoms in total. The smallest absolute Gasteiger partial charge is 0.228 e. The highest BCUT2D eigenvalue weighted by molar-refractivity contribution is 7.90. The van der Waals surface area contributed by atoms with Gasteiger partial charge < -0.3 is 4.57 Å². The molecule has 1 aromatic carbocycles. The van der Waals surface area contributed by atoms with Crippen LogP contribution in [0.3, 0.4) is 0 Å². The molecule has 0 radical (unpaired) electrons. The Morgan fingerprint density at radius 1 is 1.40 bits per heavy atom. The molecule has 1 aromatic heterocycles. The van der Waals surface area contributed by atoms with Gasteiger partial charge in [-0.15, -0.1) is 0 Å². The molecule has 0 N–H and O–H groups in total. The predicted molar refractivity (Wildman–Crippen MR) is 72.5 cm³/mol. The highest BCUT2D eigenvalue weighted by Gasteiger charge is 2.30. The third kappa shape index (κ3) is 2.45. The topological polar surface area (TPSA) is 75.8 Å². The molecule has 1 aliphatic rings. The highest BCUT2D eigenvalue weighted by Crippen LogP contribution is 2.36. The highest BCUT2D eigenvalue weighted by atomic mass is 32.2. The lowest BCUT2D eigenvalue weighted by Gasteiger charge is -2.07. The van der Waals surface area contributed by atoms with Crippen molar-refractivity contribution in [1.82, 2.24) is 9.55 Å². The van der Waals surface area contributed by atoms with E-state index in [1.165, 1.54) is 6.20 Å². The van der Waals surface area contributed by atoms with Crippen LogP contribution in [0.4, 0.5) is 0 Å². The van der Waals surface area contributed by atoms with Crippen LogP contribution in [-0.2, 0) is 15.6 Å². The van der Waals surface area contributed by atoms with Crippen molar-refractivity contribution >= 4 is 9.84 Å². The van der Waals surface area contributed by atoms with Crippen molar-refractivity contribution in [3.8, 4) is 6.07 Å². The molecular formula is C14H13N3O2S. The fourth-order valence-electron chi connectivity index (χ4n) is 2.19. The van der Waals surface area contributed by atoms with Crippen LogP contribution in [0.2, 0.25) is 0 Å². The Morgan fingerprint density at radius 3 is 2.90 bits per heavy atom. The van der Waals surface area contributed by atoms with Crippen molar-refractivity contribution in [2.45, 2.75) is 29.8 Å². The monoisotopic (exact) mass is 287 g/mol. The van der Waals surface area contributed by atoms with Crippen LogP contribution in [0.5, 0.6) is 0 Å². The molecule has 6 heteroatoms. The summed E-state index contributed by atoms with van der Waals surface area (Å²) < 4.78 is 26.6. The van der Waals surface area contributed by atoms with Crippen LogP contribution in [0.15, 0.2) is 41.8 Å². The average molecular weight is 287 g/mol. The average Bonchev–Trinajstić information content (AvgIpc) is 3.15. The molecular weight excluding hydrogens is 274 g/mol. The van der Waals surface area contributed by atoms with Gasteiger partial charge in [-0.25, -0.2) is 13.4 Å². The van der Waals surface area contributed by atoms with E-state index in [0.29, 0.717) is 11.1 Å². The minimum absolute atomic E-state index is 0.127. The lowest BCUT2D eigenvalue weighted by molar-refractivity contribution is 0.564. The summed E-state index contributed by atoms with van der Waals surface area (Å²) >= 11 is 0. The zero-order valence-electron chi connectivity index (χ0n) is 10.7. The molecule has 0 aliphatic heterocycles. The SMILES string of the molecule is N#Cc1cccc(CS(=O)(=O)c2nccn2C2CC2)c1. The van der Waals surface area contributed by atoms with Gasteiger partial charge in [0.2, 0.25) is 15.0 Å². The summed E-state index contributed by atoms with van der Waals surface area (Å²) in [5, 5.41) is 8.98. The lowest BCUT2D eigenvalue weighted by Crippen LogP contribution is -2.12. The Balaban J connectivity index is 1.92. The van der Waals surface area contributed by atoms with E-state index in [9.17, 15) is 8.42 Å². The van der Waals surface area contributed by atoms with Gasteiger partial charge in [-0.05, 0) is 30.5 Å². The van der Waals surface area contributed by atoms with Gasteiger partial charge in [0.1, 0.15) is 0 Å². The largest absolute Gasteiger partial charge is 0.319 e. The summed E-state index contributed by atoms with van der Waals surface area (Å²) in [6, 6.07) is 8.94. The Kier molecular flexibility index (Phi) is 3.07. The number of benzene rings is 1. The van der Waals surface area contributed by atoms with Crippen molar-refractivity contribution in [1.29, 1.82) is 5.26 Å². The molecule has 1 fully saturated rings. The molecule has 102 valence electrons. The Labute approximate surface area is 117 Å². The van der Waals surface area contributed by atoms with Gasteiger partial charge in [-0.1, -0.05) is 12.1 Å². The van der Waals surface area contributed by atoms with E-state index in [-0.39, 0.29) is 17.0 Å². The van der Waals surface area contributed by atoms with Gasteiger partial charge in [0.15, 0.2) is 0 Å².